The van der Waals surface area contributed by atoms with E-state index < -0.39 is 0 Å². The van der Waals surface area contributed by atoms with Gasteiger partial charge in [-0.05, 0) is 17.7 Å². The Morgan fingerprint density at radius 2 is 2.40 bits per heavy atom. The van der Waals surface area contributed by atoms with E-state index in [0.29, 0.717) is 6.04 Å². The maximum atomic E-state index is 6.21. The molecule has 1 heterocycles. The summed E-state index contributed by atoms with van der Waals surface area (Å²) in [6, 6.07) is 6.26. The fourth-order valence-corrected chi connectivity index (χ4v) is 2.95. The predicted octanol–water partition coefficient (Wildman–Crippen LogP) is 2.73. The van der Waals surface area contributed by atoms with Crippen molar-refractivity contribution < 1.29 is 4.74 Å². The summed E-state index contributed by atoms with van der Waals surface area (Å²) in [5.74, 6) is 3.09. The van der Waals surface area contributed by atoms with Crippen molar-refractivity contribution >= 4 is 23.4 Å². The average Bonchev–Trinajstić information content (AvgIpc) is 2.30. The van der Waals surface area contributed by atoms with Gasteiger partial charge in [-0.15, -0.1) is 0 Å². The van der Waals surface area contributed by atoms with Crippen molar-refractivity contribution in [2.75, 3.05) is 25.2 Å². The summed E-state index contributed by atoms with van der Waals surface area (Å²) >= 11 is 8.18. The number of methoxy groups -OCH3 is 1. The zero-order chi connectivity index (χ0) is 10.7. The molecule has 82 valence electrons. The smallest absolute Gasteiger partial charge is 0.120 e. The second kappa shape index (κ2) is 5.10. The first-order valence-electron chi connectivity index (χ1n) is 4.96. The standard InChI is InChI=1S/C11H14ClNOS/c1-14-8-2-3-9(10(12)6-8)11-7-15-5-4-13-11/h2-3,6,11,13H,4-5,7H2,1H3. The number of ether oxygens (including phenoxy) is 1. The Kier molecular flexibility index (Phi) is 3.78. The SMILES string of the molecule is COc1ccc(C2CSCCN2)c(Cl)c1. The zero-order valence-electron chi connectivity index (χ0n) is 8.63. The largest absolute Gasteiger partial charge is 0.497 e. The lowest BCUT2D eigenvalue weighted by molar-refractivity contribution is 0.414. The van der Waals surface area contributed by atoms with Gasteiger partial charge in [0.1, 0.15) is 5.75 Å². The predicted molar refractivity (Wildman–Crippen MR) is 66.1 cm³/mol. The highest BCUT2D eigenvalue weighted by atomic mass is 35.5. The van der Waals surface area contributed by atoms with Crippen LogP contribution in [-0.2, 0) is 0 Å². The van der Waals surface area contributed by atoms with Crippen LogP contribution in [-0.4, -0.2) is 25.2 Å². The molecule has 1 unspecified atom stereocenters. The van der Waals surface area contributed by atoms with E-state index in [1.54, 1.807) is 7.11 Å². The van der Waals surface area contributed by atoms with Crippen LogP contribution in [0.2, 0.25) is 5.02 Å². The Morgan fingerprint density at radius 3 is 3.00 bits per heavy atom. The average molecular weight is 244 g/mol. The molecule has 0 amide bonds. The molecule has 15 heavy (non-hydrogen) atoms. The molecule has 0 aromatic heterocycles. The van der Waals surface area contributed by atoms with Crippen LogP contribution in [0.25, 0.3) is 0 Å². The molecule has 2 rings (SSSR count). The Balaban J connectivity index is 2.19. The third-order valence-electron chi connectivity index (χ3n) is 2.50. The molecule has 0 aliphatic carbocycles. The number of rotatable bonds is 2. The molecular formula is C11H14ClNOS. The van der Waals surface area contributed by atoms with E-state index in [1.807, 2.05) is 30.0 Å². The van der Waals surface area contributed by atoms with Gasteiger partial charge in [0.25, 0.3) is 0 Å². The number of hydrogen-bond acceptors (Lipinski definition) is 3. The lowest BCUT2D eigenvalue weighted by Crippen LogP contribution is -2.30. The molecule has 1 atom stereocenters. The van der Waals surface area contributed by atoms with E-state index in [-0.39, 0.29) is 0 Å². The van der Waals surface area contributed by atoms with Crippen LogP contribution < -0.4 is 10.1 Å². The van der Waals surface area contributed by atoms with Gasteiger partial charge in [-0.2, -0.15) is 11.8 Å². The first kappa shape index (κ1) is 11.1. The normalized spacial score (nSPS) is 21.3. The molecule has 1 aliphatic rings. The van der Waals surface area contributed by atoms with Gasteiger partial charge in [-0.1, -0.05) is 17.7 Å². The van der Waals surface area contributed by atoms with Crippen molar-refractivity contribution in [3.8, 4) is 5.75 Å². The summed E-state index contributed by atoms with van der Waals surface area (Å²) in [4.78, 5) is 0. The first-order valence-corrected chi connectivity index (χ1v) is 6.49. The molecule has 1 fully saturated rings. The van der Waals surface area contributed by atoms with Gasteiger partial charge in [0.15, 0.2) is 0 Å². The second-order valence-corrected chi connectivity index (χ2v) is 5.03. The van der Waals surface area contributed by atoms with E-state index in [0.717, 1.165) is 23.1 Å². The fourth-order valence-electron chi connectivity index (χ4n) is 1.68. The minimum absolute atomic E-state index is 0.377. The van der Waals surface area contributed by atoms with Crippen LogP contribution in [0.1, 0.15) is 11.6 Å². The van der Waals surface area contributed by atoms with E-state index in [2.05, 4.69) is 5.32 Å². The van der Waals surface area contributed by atoms with Gasteiger partial charge in [0, 0.05) is 29.1 Å². The summed E-state index contributed by atoms with van der Waals surface area (Å²) in [6.07, 6.45) is 0. The number of benzene rings is 1. The van der Waals surface area contributed by atoms with Gasteiger partial charge >= 0.3 is 0 Å². The van der Waals surface area contributed by atoms with Crippen LogP contribution in [0.15, 0.2) is 18.2 Å². The Hall–Kier alpha value is -0.380. The van der Waals surface area contributed by atoms with Crippen molar-refractivity contribution in [1.29, 1.82) is 0 Å². The maximum absolute atomic E-state index is 6.21. The molecule has 2 nitrogen and oxygen atoms in total. The summed E-state index contributed by atoms with van der Waals surface area (Å²) in [7, 11) is 1.65. The molecule has 1 aliphatic heterocycles. The van der Waals surface area contributed by atoms with Crippen LogP contribution in [0, 0.1) is 0 Å². The van der Waals surface area contributed by atoms with Crippen LogP contribution in [0.5, 0.6) is 5.75 Å². The molecule has 1 aromatic rings. The van der Waals surface area contributed by atoms with Crippen LogP contribution >= 0.6 is 23.4 Å². The number of thioether (sulfide) groups is 1. The summed E-state index contributed by atoms with van der Waals surface area (Å²) in [5, 5.41) is 4.25. The highest BCUT2D eigenvalue weighted by Crippen LogP contribution is 2.30. The summed E-state index contributed by atoms with van der Waals surface area (Å²) in [6.45, 7) is 1.05. The second-order valence-electron chi connectivity index (χ2n) is 3.47. The van der Waals surface area contributed by atoms with Gasteiger partial charge in [0.2, 0.25) is 0 Å². The number of nitrogens with one attached hydrogen (secondary N) is 1. The summed E-state index contributed by atoms with van der Waals surface area (Å²) < 4.78 is 5.13. The molecule has 0 saturated carbocycles. The van der Waals surface area contributed by atoms with Gasteiger partial charge < -0.3 is 10.1 Å². The fraction of sp³-hybridized carbons (Fsp3) is 0.455. The van der Waals surface area contributed by atoms with Crippen LogP contribution in [0.4, 0.5) is 0 Å². The first-order chi connectivity index (χ1) is 7.31. The molecule has 0 radical (unpaired) electrons. The van der Waals surface area contributed by atoms with Crippen LogP contribution in [0.3, 0.4) is 0 Å². The van der Waals surface area contributed by atoms with Crippen molar-refractivity contribution in [2.45, 2.75) is 6.04 Å². The van der Waals surface area contributed by atoms with Gasteiger partial charge in [0.05, 0.1) is 7.11 Å². The molecule has 1 aromatic carbocycles. The number of halogens is 1. The monoisotopic (exact) mass is 243 g/mol. The molecule has 0 bridgehead atoms. The van der Waals surface area contributed by atoms with E-state index in [4.69, 9.17) is 16.3 Å². The third-order valence-corrected chi connectivity index (χ3v) is 3.89. The Bertz CT molecular complexity index is 339. The summed E-state index contributed by atoms with van der Waals surface area (Å²) in [5.41, 5.74) is 1.17. The van der Waals surface area contributed by atoms with Gasteiger partial charge in [-0.25, -0.2) is 0 Å². The lowest BCUT2D eigenvalue weighted by atomic mass is 10.1. The quantitative estimate of drug-likeness (QED) is 0.863. The molecular weight excluding hydrogens is 230 g/mol. The topological polar surface area (TPSA) is 21.3 Å². The van der Waals surface area contributed by atoms with Crippen molar-refractivity contribution in [1.82, 2.24) is 5.32 Å². The zero-order valence-corrected chi connectivity index (χ0v) is 10.2. The van der Waals surface area contributed by atoms with Gasteiger partial charge in [-0.3, -0.25) is 0 Å². The molecule has 0 spiro atoms. The van der Waals surface area contributed by atoms with Crippen molar-refractivity contribution in [2.24, 2.45) is 0 Å². The minimum atomic E-state index is 0.377. The number of hydrogen-bond donors (Lipinski definition) is 1. The molecule has 1 N–H and O–H groups in total. The van der Waals surface area contributed by atoms with E-state index in [1.165, 1.54) is 11.3 Å². The highest BCUT2D eigenvalue weighted by molar-refractivity contribution is 7.99. The van der Waals surface area contributed by atoms with Crippen molar-refractivity contribution in [3.63, 3.8) is 0 Å². The highest BCUT2D eigenvalue weighted by Gasteiger charge is 2.17. The maximum Gasteiger partial charge on any atom is 0.120 e. The van der Waals surface area contributed by atoms with Crippen molar-refractivity contribution in [3.05, 3.63) is 28.8 Å². The Morgan fingerprint density at radius 1 is 1.53 bits per heavy atom. The van der Waals surface area contributed by atoms with E-state index in [9.17, 15) is 0 Å². The Labute approximate surface area is 99.3 Å². The minimum Gasteiger partial charge on any atom is -0.497 e. The molecule has 1 saturated heterocycles. The van der Waals surface area contributed by atoms with E-state index >= 15 is 0 Å². The third kappa shape index (κ3) is 2.60. The molecule has 4 heteroatoms. The lowest BCUT2D eigenvalue weighted by Gasteiger charge is -2.24.